The van der Waals surface area contributed by atoms with E-state index in [1.807, 2.05) is 48.5 Å². The Kier molecular flexibility index (Phi) is 6.89. The number of nitriles is 3. The monoisotopic (exact) mass is 353 g/mol. The first-order chi connectivity index (χ1) is 13.2. The molecule has 0 radical (unpaired) electrons. The quantitative estimate of drug-likeness (QED) is 0.559. The van der Waals surface area contributed by atoms with E-state index in [-0.39, 0.29) is 16.9 Å². The highest BCUT2D eigenvalue weighted by Gasteiger charge is 2.16. The minimum Gasteiger partial charge on any atom is -0.372 e. The van der Waals surface area contributed by atoms with Crippen LogP contribution >= 0.6 is 0 Å². The molecule has 0 saturated heterocycles. The van der Waals surface area contributed by atoms with Crippen molar-refractivity contribution in [1.82, 2.24) is 0 Å². The van der Waals surface area contributed by atoms with E-state index in [2.05, 4.69) is 23.7 Å². The van der Waals surface area contributed by atoms with Gasteiger partial charge in [-0.05, 0) is 43.7 Å². The molecule has 2 rings (SSSR count). The fourth-order valence-electron chi connectivity index (χ4n) is 2.73. The van der Waals surface area contributed by atoms with Gasteiger partial charge >= 0.3 is 0 Å². The molecule has 0 amide bonds. The summed E-state index contributed by atoms with van der Waals surface area (Å²) in [5.74, 6) is 0. The van der Waals surface area contributed by atoms with Gasteiger partial charge in [0, 0.05) is 24.4 Å². The summed E-state index contributed by atoms with van der Waals surface area (Å²) in [6.45, 7) is 5.98. The lowest BCUT2D eigenvalue weighted by atomic mass is 9.97. The van der Waals surface area contributed by atoms with Gasteiger partial charge in [0.1, 0.15) is 23.8 Å². The third-order valence-corrected chi connectivity index (χ3v) is 4.10. The lowest BCUT2D eigenvalue weighted by Crippen LogP contribution is -2.21. The minimum atomic E-state index is -0.138. The average molecular weight is 353 g/mol. The Hall–Kier alpha value is -3.88. The molecule has 27 heavy (non-hydrogen) atoms. The second-order valence-electron chi connectivity index (χ2n) is 5.60. The van der Waals surface area contributed by atoms with Gasteiger partial charge in [-0.25, -0.2) is 4.99 Å². The fourth-order valence-corrected chi connectivity index (χ4v) is 2.73. The summed E-state index contributed by atoms with van der Waals surface area (Å²) in [6.07, 6.45) is 0. The highest BCUT2D eigenvalue weighted by Crippen LogP contribution is 2.25. The Morgan fingerprint density at radius 1 is 0.852 bits per heavy atom. The van der Waals surface area contributed by atoms with E-state index >= 15 is 0 Å². The van der Waals surface area contributed by atoms with Crippen molar-refractivity contribution >= 4 is 22.7 Å². The Morgan fingerprint density at radius 3 is 1.93 bits per heavy atom. The van der Waals surface area contributed by atoms with Crippen LogP contribution in [0.5, 0.6) is 0 Å². The molecule has 5 nitrogen and oxygen atoms in total. The van der Waals surface area contributed by atoms with Gasteiger partial charge in [-0.2, -0.15) is 15.8 Å². The van der Waals surface area contributed by atoms with Crippen molar-refractivity contribution in [2.45, 2.75) is 13.8 Å². The Balaban J connectivity index is 2.53. The lowest BCUT2D eigenvalue weighted by Gasteiger charge is -2.20. The number of rotatable bonds is 6. The maximum atomic E-state index is 9.64. The van der Waals surface area contributed by atoms with Gasteiger partial charge in [0.05, 0.1) is 5.69 Å². The van der Waals surface area contributed by atoms with E-state index in [4.69, 9.17) is 0 Å². The number of anilines is 1. The number of allylic oxidation sites excluding steroid dienone is 2. The molecule has 0 spiro atoms. The van der Waals surface area contributed by atoms with E-state index in [1.54, 1.807) is 24.3 Å². The summed E-state index contributed by atoms with van der Waals surface area (Å²) in [4.78, 5) is 6.61. The van der Waals surface area contributed by atoms with Crippen LogP contribution in [0.4, 0.5) is 11.4 Å². The molecule has 5 heteroatoms. The second-order valence-corrected chi connectivity index (χ2v) is 5.60. The molecule has 0 aliphatic rings. The standard InChI is InChI=1S/C22H19N5/c1-3-27(4-2)20-12-10-19(11-13-20)26-21(16-25)22(18(14-23)15-24)17-8-6-5-7-9-17/h5-13H,3-4H2,1-2H3. The zero-order chi connectivity index (χ0) is 19.6. The van der Waals surface area contributed by atoms with Gasteiger partial charge in [0.15, 0.2) is 5.71 Å². The van der Waals surface area contributed by atoms with Gasteiger partial charge in [0.2, 0.25) is 0 Å². The maximum absolute atomic E-state index is 9.64. The molecule has 2 aromatic carbocycles. The summed E-state index contributed by atoms with van der Waals surface area (Å²) >= 11 is 0. The van der Waals surface area contributed by atoms with Crippen molar-refractivity contribution in [3.05, 3.63) is 65.7 Å². The third-order valence-electron chi connectivity index (χ3n) is 4.10. The molecule has 0 unspecified atom stereocenters. The highest BCUT2D eigenvalue weighted by atomic mass is 15.1. The summed E-state index contributed by atoms with van der Waals surface area (Å²) < 4.78 is 0. The lowest BCUT2D eigenvalue weighted by molar-refractivity contribution is 0.866. The molecule has 0 aliphatic carbocycles. The van der Waals surface area contributed by atoms with Crippen molar-refractivity contribution < 1.29 is 0 Å². The van der Waals surface area contributed by atoms with Crippen LogP contribution < -0.4 is 4.90 Å². The summed E-state index contributed by atoms with van der Waals surface area (Å²) in [5.41, 5.74) is 2.42. The molecule has 0 N–H and O–H groups in total. The van der Waals surface area contributed by atoms with Crippen LogP contribution in [0.3, 0.4) is 0 Å². The van der Waals surface area contributed by atoms with Crippen LogP contribution in [0.25, 0.3) is 5.57 Å². The smallest absolute Gasteiger partial charge is 0.151 e. The first-order valence-corrected chi connectivity index (χ1v) is 8.62. The molecule has 0 aliphatic heterocycles. The van der Waals surface area contributed by atoms with Crippen molar-refractivity contribution in [2.24, 2.45) is 4.99 Å². The van der Waals surface area contributed by atoms with Gasteiger partial charge in [0.25, 0.3) is 0 Å². The summed E-state index contributed by atoms with van der Waals surface area (Å²) in [6, 6.07) is 22.2. The molecule has 132 valence electrons. The van der Waals surface area contributed by atoms with E-state index in [9.17, 15) is 15.8 Å². The van der Waals surface area contributed by atoms with E-state index in [0.29, 0.717) is 11.3 Å². The first-order valence-electron chi connectivity index (χ1n) is 8.62. The number of nitrogens with zero attached hydrogens (tertiary/aromatic N) is 5. The van der Waals surface area contributed by atoms with Gasteiger partial charge in [-0.3, -0.25) is 0 Å². The number of hydrogen-bond donors (Lipinski definition) is 0. The summed E-state index contributed by atoms with van der Waals surface area (Å²) in [5, 5.41) is 28.3. The van der Waals surface area contributed by atoms with Crippen molar-refractivity contribution in [3.63, 3.8) is 0 Å². The first kappa shape index (κ1) is 19.4. The van der Waals surface area contributed by atoms with Crippen LogP contribution in [0, 0.1) is 34.0 Å². The Morgan fingerprint density at radius 2 is 1.44 bits per heavy atom. The van der Waals surface area contributed by atoms with Crippen LogP contribution in [-0.2, 0) is 0 Å². The van der Waals surface area contributed by atoms with E-state index < -0.39 is 0 Å². The fraction of sp³-hybridized carbons (Fsp3) is 0.182. The molecular weight excluding hydrogens is 334 g/mol. The highest BCUT2D eigenvalue weighted by molar-refractivity contribution is 6.33. The zero-order valence-corrected chi connectivity index (χ0v) is 15.3. The molecule has 0 aromatic heterocycles. The molecule has 0 fully saturated rings. The van der Waals surface area contributed by atoms with Crippen LogP contribution in [-0.4, -0.2) is 18.8 Å². The van der Waals surface area contributed by atoms with E-state index in [0.717, 1.165) is 18.8 Å². The number of hydrogen-bond acceptors (Lipinski definition) is 5. The normalized spacial score (nSPS) is 10.3. The van der Waals surface area contributed by atoms with Gasteiger partial charge in [-0.15, -0.1) is 0 Å². The Bertz CT molecular complexity index is 945. The summed E-state index contributed by atoms with van der Waals surface area (Å²) in [7, 11) is 0. The largest absolute Gasteiger partial charge is 0.372 e. The molecule has 0 bridgehead atoms. The molecule has 2 aromatic rings. The van der Waals surface area contributed by atoms with Crippen LogP contribution in [0.2, 0.25) is 0 Å². The predicted octanol–water partition coefficient (Wildman–Crippen LogP) is 4.63. The number of benzene rings is 2. The van der Waals surface area contributed by atoms with Crippen molar-refractivity contribution in [2.75, 3.05) is 18.0 Å². The molecule has 0 heterocycles. The van der Waals surface area contributed by atoms with Crippen molar-refractivity contribution in [1.29, 1.82) is 15.8 Å². The SMILES string of the molecule is CCN(CC)c1ccc(N=C(C#N)C(=C(C#N)C#N)c2ccccc2)cc1. The molecule has 0 saturated carbocycles. The topological polar surface area (TPSA) is 87.0 Å². The third kappa shape index (κ3) is 4.60. The van der Waals surface area contributed by atoms with Gasteiger partial charge < -0.3 is 4.90 Å². The zero-order valence-electron chi connectivity index (χ0n) is 15.3. The maximum Gasteiger partial charge on any atom is 0.151 e. The molecular formula is C22H19N5. The van der Waals surface area contributed by atoms with Crippen LogP contribution in [0.1, 0.15) is 19.4 Å². The van der Waals surface area contributed by atoms with Crippen molar-refractivity contribution in [3.8, 4) is 18.2 Å². The number of aliphatic imine (C=N–C) groups is 1. The predicted molar refractivity (Wildman–Crippen MR) is 107 cm³/mol. The minimum absolute atomic E-state index is 0.0369. The second kappa shape index (κ2) is 9.56. The average Bonchev–Trinajstić information content (AvgIpc) is 2.73. The Labute approximate surface area is 159 Å². The van der Waals surface area contributed by atoms with Gasteiger partial charge in [-0.1, -0.05) is 30.3 Å². The molecule has 0 atom stereocenters. The van der Waals surface area contributed by atoms with Crippen LogP contribution in [0.15, 0.2) is 65.2 Å². The van der Waals surface area contributed by atoms with E-state index in [1.165, 1.54) is 0 Å².